The van der Waals surface area contributed by atoms with Gasteiger partial charge in [0.05, 0.1) is 23.5 Å². The highest BCUT2D eigenvalue weighted by Gasteiger charge is 2.22. The van der Waals surface area contributed by atoms with Crippen LogP contribution in [0.2, 0.25) is 0 Å². The third-order valence-corrected chi connectivity index (χ3v) is 5.63. The zero-order valence-electron chi connectivity index (χ0n) is 18.9. The van der Waals surface area contributed by atoms with Gasteiger partial charge in [-0.1, -0.05) is 60.7 Å². The third kappa shape index (κ3) is 5.12. The number of likely N-dealkylation sites (N-methyl/N-ethyl adjacent to an activating group) is 1. The van der Waals surface area contributed by atoms with Gasteiger partial charge >= 0.3 is 0 Å². The summed E-state index contributed by atoms with van der Waals surface area (Å²) >= 11 is 0. The largest absolute Gasteiger partial charge is 0.346 e. The zero-order valence-corrected chi connectivity index (χ0v) is 18.9. The first-order valence-corrected chi connectivity index (χ1v) is 11.2. The molecule has 2 amide bonds. The Morgan fingerprint density at radius 3 is 2.27 bits per heavy atom. The lowest BCUT2D eigenvalue weighted by atomic mass is 10.1. The molecule has 33 heavy (non-hydrogen) atoms. The molecule has 1 N–H and O–H groups in total. The van der Waals surface area contributed by atoms with E-state index in [2.05, 4.69) is 5.32 Å². The van der Waals surface area contributed by atoms with Gasteiger partial charge in [0.25, 0.3) is 0 Å². The Bertz CT molecular complexity index is 1230. The van der Waals surface area contributed by atoms with E-state index in [1.807, 2.05) is 103 Å². The number of nitrogens with one attached hydrogen (secondary N) is 1. The van der Waals surface area contributed by atoms with Gasteiger partial charge in [0.15, 0.2) is 0 Å². The summed E-state index contributed by atoms with van der Waals surface area (Å²) in [6.07, 6.45) is 0.294. The molecule has 0 bridgehead atoms. The maximum absolute atomic E-state index is 13.3. The van der Waals surface area contributed by atoms with E-state index in [1.54, 1.807) is 4.90 Å². The molecule has 4 rings (SSSR count). The van der Waals surface area contributed by atoms with Crippen molar-refractivity contribution >= 4 is 28.5 Å². The van der Waals surface area contributed by atoms with E-state index < -0.39 is 0 Å². The van der Waals surface area contributed by atoms with Crippen LogP contribution in [0.1, 0.15) is 31.3 Å². The van der Waals surface area contributed by atoms with Gasteiger partial charge in [0, 0.05) is 12.2 Å². The number of rotatable bonds is 8. The van der Waals surface area contributed by atoms with Gasteiger partial charge in [-0.25, -0.2) is 4.98 Å². The van der Waals surface area contributed by atoms with Gasteiger partial charge in [-0.3, -0.25) is 9.59 Å². The number of carbonyl (C=O) groups is 2. The number of nitrogens with zero attached hydrogens (tertiary/aromatic N) is 3. The molecule has 0 aliphatic rings. The Morgan fingerprint density at radius 2 is 1.58 bits per heavy atom. The number of carbonyl (C=O) groups excluding carboxylic acids is 2. The fourth-order valence-electron chi connectivity index (χ4n) is 4.06. The molecule has 0 radical (unpaired) electrons. The van der Waals surface area contributed by atoms with E-state index in [-0.39, 0.29) is 24.4 Å². The van der Waals surface area contributed by atoms with Crippen molar-refractivity contribution in [2.75, 3.05) is 11.4 Å². The lowest BCUT2D eigenvalue weighted by Gasteiger charge is -2.23. The molecule has 4 aromatic rings. The van der Waals surface area contributed by atoms with Crippen molar-refractivity contribution in [1.29, 1.82) is 0 Å². The summed E-state index contributed by atoms with van der Waals surface area (Å²) in [7, 11) is 0. The van der Waals surface area contributed by atoms with Crippen LogP contribution < -0.4 is 10.2 Å². The molecule has 0 fully saturated rings. The molecule has 0 spiro atoms. The van der Waals surface area contributed by atoms with Crippen molar-refractivity contribution in [1.82, 2.24) is 14.9 Å². The monoisotopic (exact) mass is 440 g/mol. The molecule has 1 atom stereocenters. The van der Waals surface area contributed by atoms with Crippen LogP contribution in [0.25, 0.3) is 11.0 Å². The first-order valence-electron chi connectivity index (χ1n) is 11.2. The van der Waals surface area contributed by atoms with Crippen molar-refractivity contribution < 1.29 is 9.59 Å². The molecule has 0 aliphatic heterocycles. The number of hydrogen-bond acceptors (Lipinski definition) is 3. The van der Waals surface area contributed by atoms with Gasteiger partial charge in [-0.15, -0.1) is 0 Å². The molecule has 0 saturated heterocycles. The SMILES string of the molecule is CCN(C(=O)Cn1c(C(C)NC(=O)Cc2ccccc2)nc2ccccc21)c1ccccc1. The topological polar surface area (TPSA) is 67.2 Å². The maximum atomic E-state index is 13.3. The highest BCUT2D eigenvalue weighted by atomic mass is 16.2. The fourth-order valence-corrected chi connectivity index (χ4v) is 4.06. The van der Waals surface area contributed by atoms with Crippen LogP contribution in [0.5, 0.6) is 0 Å². The summed E-state index contributed by atoms with van der Waals surface area (Å²) in [5.41, 5.74) is 3.48. The predicted octanol–water partition coefficient (Wildman–Crippen LogP) is 4.51. The Balaban J connectivity index is 1.59. The van der Waals surface area contributed by atoms with Crippen LogP contribution in [-0.4, -0.2) is 27.9 Å². The predicted molar refractivity (Wildman–Crippen MR) is 131 cm³/mol. The van der Waals surface area contributed by atoms with Gasteiger partial charge < -0.3 is 14.8 Å². The summed E-state index contributed by atoms with van der Waals surface area (Å²) in [4.78, 5) is 32.5. The minimum absolute atomic E-state index is 0.0316. The van der Waals surface area contributed by atoms with E-state index >= 15 is 0 Å². The van der Waals surface area contributed by atoms with Gasteiger partial charge in [0.2, 0.25) is 11.8 Å². The molecule has 6 nitrogen and oxygen atoms in total. The molecule has 1 aromatic heterocycles. The minimum Gasteiger partial charge on any atom is -0.346 e. The van der Waals surface area contributed by atoms with Crippen LogP contribution in [-0.2, 0) is 22.6 Å². The number of benzene rings is 3. The summed E-state index contributed by atoms with van der Waals surface area (Å²) in [6, 6.07) is 26.7. The van der Waals surface area contributed by atoms with Crippen LogP contribution in [0.15, 0.2) is 84.9 Å². The quantitative estimate of drug-likeness (QED) is 0.438. The normalized spacial score (nSPS) is 11.8. The van der Waals surface area contributed by atoms with Crippen molar-refractivity contribution in [3.05, 3.63) is 96.3 Å². The highest BCUT2D eigenvalue weighted by Crippen LogP contribution is 2.22. The van der Waals surface area contributed by atoms with Crippen LogP contribution in [0, 0.1) is 0 Å². The average Bonchev–Trinajstić information content (AvgIpc) is 3.19. The number of fused-ring (bicyclic) bond motifs is 1. The summed E-state index contributed by atoms with van der Waals surface area (Å²) in [5, 5.41) is 3.05. The second-order valence-corrected chi connectivity index (χ2v) is 7.97. The summed E-state index contributed by atoms with van der Waals surface area (Å²) in [6.45, 7) is 4.57. The lowest BCUT2D eigenvalue weighted by molar-refractivity contribution is -0.121. The smallest absolute Gasteiger partial charge is 0.246 e. The Labute approximate surface area is 193 Å². The summed E-state index contributed by atoms with van der Waals surface area (Å²) < 4.78 is 1.91. The van der Waals surface area contributed by atoms with Gasteiger partial charge in [0.1, 0.15) is 12.4 Å². The van der Waals surface area contributed by atoms with E-state index in [0.29, 0.717) is 18.8 Å². The van der Waals surface area contributed by atoms with Crippen molar-refractivity contribution in [3.8, 4) is 0 Å². The number of imidazole rings is 1. The number of aromatic nitrogens is 2. The van der Waals surface area contributed by atoms with Gasteiger partial charge in [-0.2, -0.15) is 0 Å². The zero-order chi connectivity index (χ0) is 23.2. The number of hydrogen-bond donors (Lipinski definition) is 1. The second-order valence-electron chi connectivity index (χ2n) is 7.97. The molecule has 1 heterocycles. The third-order valence-electron chi connectivity index (χ3n) is 5.63. The Morgan fingerprint density at radius 1 is 0.939 bits per heavy atom. The number of anilines is 1. The van der Waals surface area contributed by atoms with E-state index in [1.165, 1.54) is 0 Å². The van der Waals surface area contributed by atoms with Gasteiger partial charge in [-0.05, 0) is 43.7 Å². The molecular weight excluding hydrogens is 412 g/mol. The second kappa shape index (κ2) is 10.1. The highest BCUT2D eigenvalue weighted by molar-refractivity contribution is 5.94. The number of amides is 2. The maximum Gasteiger partial charge on any atom is 0.246 e. The molecule has 0 saturated carbocycles. The van der Waals surface area contributed by atoms with Crippen LogP contribution in [0.4, 0.5) is 5.69 Å². The Hall–Kier alpha value is -3.93. The van der Waals surface area contributed by atoms with Crippen molar-refractivity contribution in [2.45, 2.75) is 32.9 Å². The first-order chi connectivity index (χ1) is 16.1. The van der Waals surface area contributed by atoms with Crippen LogP contribution in [0.3, 0.4) is 0 Å². The fraction of sp³-hybridized carbons (Fsp3) is 0.222. The standard InChI is InChI=1S/C27H28N4O2/c1-3-30(22-14-8-5-9-15-22)26(33)19-31-24-17-11-10-16-23(24)29-27(31)20(2)28-25(32)18-21-12-6-4-7-13-21/h4-17,20H,3,18-19H2,1-2H3,(H,28,32). The molecule has 168 valence electrons. The van der Waals surface area contributed by atoms with E-state index in [9.17, 15) is 9.59 Å². The lowest BCUT2D eigenvalue weighted by Crippen LogP contribution is -2.35. The van der Waals surface area contributed by atoms with Crippen molar-refractivity contribution in [3.63, 3.8) is 0 Å². The molecule has 6 heteroatoms. The first kappa shape index (κ1) is 22.3. The van der Waals surface area contributed by atoms with E-state index in [0.717, 1.165) is 22.3 Å². The van der Waals surface area contributed by atoms with Crippen LogP contribution >= 0.6 is 0 Å². The van der Waals surface area contributed by atoms with E-state index in [4.69, 9.17) is 4.98 Å². The molecular formula is C27H28N4O2. The Kier molecular flexibility index (Phi) is 6.83. The number of para-hydroxylation sites is 3. The summed E-state index contributed by atoms with van der Waals surface area (Å²) in [5.74, 6) is 0.545. The average molecular weight is 441 g/mol. The molecule has 3 aromatic carbocycles. The van der Waals surface area contributed by atoms with Crippen molar-refractivity contribution in [2.24, 2.45) is 0 Å². The molecule has 1 unspecified atom stereocenters. The molecule has 0 aliphatic carbocycles. The minimum atomic E-state index is -0.354.